The lowest BCUT2D eigenvalue weighted by Crippen LogP contribution is -2.45. The summed E-state index contributed by atoms with van der Waals surface area (Å²) in [5.41, 5.74) is 0. The Balaban J connectivity index is 3.35. The van der Waals surface area contributed by atoms with Gasteiger partial charge in [0.25, 0.3) is 0 Å². The molecule has 0 saturated carbocycles. The summed E-state index contributed by atoms with van der Waals surface area (Å²) in [4.78, 5) is 24.6. The highest BCUT2D eigenvalue weighted by atomic mass is 16.5. The summed E-state index contributed by atoms with van der Waals surface area (Å²) >= 11 is 0. The zero-order chi connectivity index (χ0) is 62.0. The van der Waals surface area contributed by atoms with Gasteiger partial charge in [-0.15, -0.1) is 0 Å². The number of unbranched alkanes of at least 4 members (excludes halogenated alkanes) is 53. The molecule has 0 fully saturated rings. The normalized spacial score (nSPS) is 12.8. The number of hydrogen-bond acceptors (Lipinski definition) is 5. The van der Waals surface area contributed by atoms with Crippen molar-refractivity contribution in [3.63, 3.8) is 0 Å². The first-order valence-electron chi connectivity index (χ1n) is 38.6. The molecule has 0 aliphatic rings. The lowest BCUT2D eigenvalue weighted by atomic mass is 10.0. The van der Waals surface area contributed by atoms with Crippen LogP contribution >= 0.6 is 0 Å². The Kier molecular flexibility index (Phi) is 72.9. The molecule has 0 aromatic carbocycles. The fourth-order valence-electron chi connectivity index (χ4n) is 11.9. The van der Waals surface area contributed by atoms with E-state index in [2.05, 4.69) is 67.8 Å². The highest BCUT2D eigenvalue weighted by Crippen LogP contribution is 2.19. The molecular weight excluding hydrogens is 1050 g/mol. The Morgan fingerprint density at radius 2 is 0.581 bits per heavy atom. The van der Waals surface area contributed by atoms with E-state index in [0.717, 1.165) is 57.8 Å². The SMILES string of the molecule is CCCCCC/C=C\C/C=C\CCCCCCCCCC(=O)OCCCCCCCCCCCCCCCCC/C=C\C/C=C\CCCCCCCCCCCCCCCCCCCC(=O)NC(CO)C(O)/C=C/CCCCCCCCCCCC. The van der Waals surface area contributed by atoms with Crippen molar-refractivity contribution in [1.29, 1.82) is 0 Å². The monoisotopic (exact) mass is 1200 g/mol. The maximum atomic E-state index is 12.5. The molecule has 0 spiro atoms. The predicted molar refractivity (Wildman–Crippen MR) is 379 cm³/mol. The molecule has 0 aliphatic carbocycles. The van der Waals surface area contributed by atoms with E-state index in [1.165, 1.54) is 327 Å². The van der Waals surface area contributed by atoms with Gasteiger partial charge in [-0.3, -0.25) is 9.59 Å². The van der Waals surface area contributed by atoms with Crippen LogP contribution < -0.4 is 5.32 Å². The fraction of sp³-hybridized carbons (Fsp3) is 0.850. The van der Waals surface area contributed by atoms with Crippen LogP contribution in [0, 0.1) is 0 Å². The number of amides is 1. The van der Waals surface area contributed by atoms with Gasteiger partial charge < -0.3 is 20.3 Å². The number of carbonyl (C=O) groups is 2. The quantitative estimate of drug-likeness (QED) is 0.0320. The van der Waals surface area contributed by atoms with Crippen molar-refractivity contribution in [2.24, 2.45) is 0 Å². The van der Waals surface area contributed by atoms with Crippen molar-refractivity contribution in [2.45, 2.75) is 424 Å². The van der Waals surface area contributed by atoms with Gasteiger partial charge >= 0.3 is 5.97 Å². The molecule has 0 aliphatic heterocycles. The lowest BCUT2D eigenvalue weighted by molar-refractivity contribution is -0.143. The average molecular weight is 1210 g/mol. The second kappa shape index (κ2) is 75.0. The molecule has 0 saturated heterocycles. The van der Waals surface area contributed by atoms with Gasteiger partial charge in [-0.2, -0.15) is 0 Å². The number of allylic oxidation sites excluding steroid dienone is 9. The van der Waals surface area contributed by atoms with Crippen LogP contribution in [0.3, 0.4) is 0 Å². The Hall–Kier alpha value is -2.44. The first-order valence-corrected chi connectivity index (χ1v) is 38.6. The zero-order valence-corrected chi connectivity index (χ0v) is 57.8. The number of nitrogens with one attached hydrogen (secondary N) is 1. The molecule has 86 heavy (non-hydrogen) atoms. The van der Waals surface area contributed by atoms with Crippen molar-refractivity contribution in [3.05, 3.63) is 60.8 Å². The highest BCUT2D eigenvalue weighted by Gasteiger charge is 2.18. The van der Waals surface area contributed by atoms with Gasteiger partial charge in [0.15, 0.2) is 0 Å². The number of ether oxygens (including phenoxy) is 1. The van der Waals surface area contributed by atoms with Gasteiger partial charge in [0.1, 0.15) is 0 Å². The number of aliphatic hydroxyl groups is 2. The van der Waals surface area contributed by atoms with E-state index in [4.69, 9.17) is 4.74 Å². The molecule has 2 atom stereocenters. The van der Waals surface area contributed by atoms with Gasteiger partial charge in [0.05, 0.1) is 25.4 Å². The summed E-state index contributed by atoms with van der Waals surface area (Å²) in [5, 5.41) is 23.1. The van der Waals surface area contributed by atoms with Crippen LogP contribution in [-0.4, -0.2) is 47.4 Å². The Bertz CT molecular complexity index is 1480. The van der Waals surface area contributed by atoms with Crippen molar-refractivity contribution < 1.29 is 24.5 Å². The second-order valence-corrected chi connectivity index (χ2v) is 26.3. The van der Waals surface area contributed by atoms with E-state index < -0.39 is 12.1 Å². The minimum absolute atomic E-state index is 0.0128. The number of hydrogen-bond donors (Lipinski definition) is 3. The summed E-state index contributed by atoms with van der Waals surface area (Å²) in [6.07, 6.45) is 101. The van der Waals surface area contributed by atoms with Gasteiger partial charge in [0, 0.05) is 12.8 Å². The Morgan fingerprint density at radius 3 is 0.895 bits per heavy atom. The largest absolute Gasteiger partial charge is 0.466 e. The Morgan fingerprint density at radius 1 is 0.326 bits per heavy atom. The molecule has 3 N–H and O–H groups in total. The lowest BCUT2D eigenvalue weighted by Gasteiger charge is -2.20. The van der Waals surface area contributed by atoms with E-state index in [1.807, 2.05) is 6.08 Å². The minimum atomic E-state index is -0.842. The minimum Gasteiger partial charge on any atom is -0.466 e. The Labute approximate surface area is 537 Å². The summed E-state index contributed by atoms with van der Waals surface area (Å²) in [6, 6.07) is -0.625. The van der Waals surface area contributed by atoms with E-state index in [9.17, 15) is 19.8 Å². The van der Waals surface area contributed by atoms with Crippen LogP contribution in [0.5, 0.6) is 0 Å². The van der Waals surface area contributed by atoms with Gasteiger partial charge in [0.2, 0.25) is 5.91 Å². The molecular formula is C80H149NO5. The first-order chi connectivity index (χ1) is 42.5. The third-order valence-electron chi connectivity index (χ3n) is 17.8. The van der Waals surface area contributed by atoms with Crippen molar-refractivity contribution in [1.82, 2.24) is 5.32 Å². The van der Waals surface area contributed by atoms with Crippen LogP contribution in [0.25, 0.3) is 0 Å². The molecule has 0 radical (unpaired) electrons. The van der Waals surface area contributed by atoms with Crippen LogP contribution in [0.2, 0.25) is 0 Å². The summed E-state index contributed by atoms with van der Waals surface area (Å²) < 4.78 is 5.51. The number of aliphatic hydroxyl groups excluding tert-OH is 2. The summed E-state index contributed by atoms with van der Waals surface area (Å²) in [5.74, 6) is -0.0516. The van der Waals surface area contributed by atoms with Gasteiger partial charge in [-0.25, -0.2) is 0 Å². The summed E-state index contributed by atoms with van der Waals surface area (Å²) in [6.45, 7) is 4.90. The van der Waals surface area contributed by atoms with Crippen molar-refractivity contribution in [2.75, 3.05) is 13.2 Å². The van der Waals surface area contributed by atoms with E-state index >= 15 is 0 Å². The summed E-state index contributed by atoms with van der Waals surface area (Å²) in [7, 11) is 0. The maximum absolute atomic E-state index is 12.5. The standard InChI is InChI=1S/C80H149NO5/c1-3-5-7-9-11-13-15-17-18-19-44-47-50-54-58-62-66-70-74-80(85)86-75-71-67-63-59-55-51-48-45-42-40-38-36-34-32-30-28-26-24-22-20-21-23-25-27-29-31-33-35-37-39-41-43-46-49-53-57-61-65-69-73-79(84)81-77(76-82)78(83)72-68-64-60-56-52-16-14-12-10-8-6-4-2/h13,15,18-21,24,26,68,72,77-78,82-83H,3-12,14,16-17,22-23,25,27-67,69-71,73-76H2,1-2H3,(H,81,84)/b15-13-,19-18-,21-20-,26-24-,72-68+. The van der Waals surface area contributed by atoms with Crippen LogP contribution in [0.4, 0.5) is 0 Å². The molecule has 0 heterocycles. The fourth-order valence-corrected chi connectivity index (χ4v) is 11.9. The van der Waals surface area contributed by atoms with E-state index in [1.54, 1.807) is 6.08 Å². The molecule has 0 rings (SSSR count). The second-order valence-electron chi connectivity index (χ2n) is 26.3. The highest BCUT2D eigenvalue weighted by molar-refractivity contribution is 5.76. The maximum Gasteiger partial charge on any atom is 0.305 e. The smallest absolute Gasteiger partial charge is 0.305 e. The van der Waals surface area contributed by atoms with Gasteiger partial charge in [-0.1, -0.05) is 364 Å². The first kappa shape index (κ1) is 83.6. The topological polar surface area (TPSA) is 95.9 Å². The van der Waals surface area contributed by atoms with E-state index in [-0.39, 0.29) is 18.5 Å². The van der Waals surface area contributed by atoms with Crippen LogP contribution in [0.15, 0.2) is 60.8 Å². The zero-order valence-electron chi connectivity index (χ0n) is 57.8. The number of rotatable bonds is 72. The molecule has 6 nitrogen and oxygen atoms in total. The molecule has 0 aromatic heterocycles. The van der Waals surface area contributed by atoms with Crippen molar-refractivity contribution in [3.8, 4) is 0 Å². The van der Waals surface area contributed by atoms with Gasteiger partial charge in [-0.05, 0) is 96.3 Å². The molecule has 6 heteroatoms. The molecule has 0 aromatic rings. The molecule has 1 amide bonds. The molecule has 0 bridgehead atoms. The van der Waals surface area contributed by atoms with Crippen LogP contribution in [0.1, 0.15) is 412 Å². The van der Waals surface area contributed by atoms with Crippen molar-refractivity contribution >= 4 is 11.9 Å². The molecule has 504 valence electrons. The third-order valence-corrected chi connectivity index (χ3v) is 17.8. The van der Waals surface area contributed by atoms with Crippen LogP contribution in [-0.2, 0) is 14.3 Å². The number of carbonyl (C=O) groups excluding carboxylic acids is 2. The van der Waals surface area contributed by atoms with E-state index in [0.29, 0.717) is 19.4 Å². The predicted octanol–water partition coefficient (Wildman–Crippen LogP) is 25.4. The molecule has 2 unspecified atom stereocenters. The third kappa shape index (κ3) is 70.6. The average Bonchev–Trinajstić information content (AvgIpc) is 3.53. The number of esters is 1.